The largest absolute Gasteiger partial charge is 0.399 e. The molecular weight excluding hydrogens is 222 g/mol. The predicted octanol–water partition coefficient (Wildman–Crippen LogP) is 1.41. The van der Waals surface area contributed by atoms with Gasteiger partial charge in [0.2, 0.25) is 0 Å². The minimum absolute atomic E-state index is 0.0805. The molecule has 0 bridgehead atoms. The van der Waals surface area contributed by atoms with Crippen LogP contribution in [0.2, 0.25) is 0 Å². The highest BCUT2D eigenvalue weighted by Gasteiger charge is 2.26. The Labute approximate surface area is 98.2 Å². The number of nitrogen functional groups attached to an aromatic ring is 1. The highest BCUT2D eigenvalue weighted by molar-refractivity contribution is 5.99. The maximum atomic E-state index is 12.1. The lowest BCUT2D eigenvalue weighted by molar-refractivity contribution is -0.385. The van der Waals surface area contributed by atoms with Gasteiger partial charge in [-0.3, -0.25) is 14.9 Å². The number of nitro groups is 1. The summed E-state index contributed by atoms with van der Waals surface area (Å²) in [5.74, 6) is -0.304. The lowest BCUT2D eigenvalue weighted by atomic mass is 10.1. The number of nitrogens with two attached hydrogens (primary N) is 1. The fourth-order valence-electron chi connectivity index (χ4n) is 1.97. The Hall–Kier alpha value is -2.11. The summed E-state index contributed by atoms with van der Waals surface area (Å²) < 4.78 is 0. The van der Waals surface area contributed by atoms with Crippen molar-refractivity contribution in [1.82, 2.24) is 4.90 Å². The first-order valence-electron chi connectivity index (χ1n) is 5.43. The highest BCUT2D eigenvalue weighted by Crippen LogP contribution is 2.24. The van der Waals surface area contributed by atoms with Gasteiger partial charge in [0, 0.05) is 24.8 Å². The number of hydrogen-bond acceptors (Lipinski definition) is 4. The second-order valence-corrected chi connectivity index (χ2v) is 4.03. The van der Waals surface area contributed by atoms with E-state index in [1.54, 1.807) is 4.90 Å². The molecule has 0 spiro atoms. The molecule has 1 fully saturated rings. The number of carbonyl (C=O) groups is 1. The van der Waals surface area contributed by atoms with Gasteiger partial charge in [0.1, 0.15) is 5.56 Å². The monoisotopic (exact) mass is 235 g/mol. The van der Waals surface area contributed by atoms with Gasteiger partial charge in [-0.25, -0.2) is 0 Å². The van der Waals surface area contributed by atoms with Crippen molar-refractivity contribution < 1.29 is 9.72 Å². The molecule has 6 nitrogen and oxygen atoms in total. The summed E-state index contributed by atoms with van der Waals surface area (Å²) in [5, 5.41) is 10.8. The highest BCUT2D eigenvalue weighted by atomic mass is 16.6. The first-order valence-corrected chi connectivity index (χ1v) is 5.43. The van der Waals surface area contributed by atoms with Crippen LogP contribution in [0.4, 0.5) is 11.4 Å². The van der Waals surface area contributed by atoms with Crippen molar-refractivity contribution in [2.45, 2.75) is 12.8 Å². The molecule has 0 atom stereocenters. The number of amides is 1. The fraction of sp³-hybridized carbons (Fsp3) is 0.364. The van der Waals surface area contributed by atoms with Crippen LogP contribution in [-0.2, 0) is 0 Å². The van der Waals surface area contributed by atoms with Crippen molar-refractivity contribution >= 4 is 17.3 Å². The van der Waals surface area contributed by atoms with Gasteiger partial charge < -0.3 is 10.6 Å². The van der Waals surface area contributed by atoms with Gasteiger partial charge in [-0.05, 0) is 25.0 Å². The Morgan fingerprint density at radius 3 is 2.59 bits per heavy atom. The van der Waals surface area contributed by atoms with Crippen molar-refractivity contribution in [3.05, 3.63) is 33.9 Å². The molecule has 1 amide bonds. The van der Waals surface area contributed by atoms with Gasteiger partial charge in [0.05, 0.1) is 4.92 Å². The molecule has 1 heterocycles. The zero-order valence-corrected chi connectivity index (χ0v) is 9.26. The van der Waals surface area contributed by atoms with Crippen LogP contribution < -0.4 is 5.73 Å². The van der Waals surface area contributed by atoms with E-state index in [0.717, 1.165) is 12.8 Å². The smallest absolute Gasteiger partial charge is 0.282 e. The summed E-state index contributed by atoms with van der Waals surface area (Å²) in [4.78, 5) is 24.0. The third kappa shape index (κ3) is 2.20. The maximum Gasteiger partial charge on any atom is 0.282 e. The van der Waals surface area contributed by atoms with E-state index in [2.05, 4.69) is 0 Å². The van der Waals surface area contributed by atoms with Gasteiger partial charge in [0.15, 0.2) is 0 Å². The molecule has 2 N–H and O–H groups in total. The minimum atomic E-state index is -0.553. The number of nitrogens with zero attached hydrogens (tertiary/aromatic N) is 2. The molecule has 17 heavy (non-hydrogen) atoms. The molecule has 1 aliphatic heterocycles. The van der Waals surface area contributed by atoms with E-state index in [4.69, 9.17) is 5.73 Å². The number of carbonyl (C=O) groups excluding carboxylic acids is 1. The second kappa shape index (κ2) is 4.40. The normalized spacial score (nSPS) is 14.9. The molecule has 1 aliphatic rings. The number of nitro benzene ring substituents is 1. The lowest BCUT2D eigenvalue weighted by Gasteiger charge is -2.15. The number of likely N-dealkylation sites (tertiary alicyclic amines) is 1. The van der Waals surface area contributed by atoms with E-state index in [0.29, 0.717) is 18.8 Å². The van der Waals surface area contributed by atoms with Crippen molar-refractivity contribution in [1.29, 1.82) is 0 Å². The third-order valence-electron chi connectivity index (χ3n) is 2.84. The van der Waals surface area contributed by atoms with Crippen LogP contribution >= 0.6 is 0 Å². The third-order valence-corrected chi connectivity index (χ3v) is 2.84. The minimum Gasteiger partial charge on any atom is -0.399 e. The molecule has 6 heteroatoms. The van der Waals surface area contributed by atoms with Crippen LogP contribution in [0.5, 0.6) is 0 Å². The van der Waals surface area contributed by atoms with Crippen LogP contribution in [0.3, 0.4) is 0 Å². The van der Waals surface area contributed by atoms with E-state index in [-0.39, 0.29) is 17.2 Å². The summed E-state index contributed by atoms with van der Waals surface area (Å²) >= 11 is 0. The SMILES string of the molecule is Nc1ccc([N+](=O)[O-])c(C(=O)N2CCCC2)c1. The average Bonchev–Trinajstić information content (AvgIpc) is 2.80. The number of benzene rings is 1. The standard InChI is InChI=1S/C11H13N3O3/c12-8-3-4-10(14(16)17)9(7-8)11(15)13-5-1-2-6-13/h3-4,7H,1-2,5-6,12H2. The van der Waals surface area contributed by atoms with Gasteiger partial charge in [-0.15, -0.1) is 0 Å². The van der Waals surface area contributed by atoms with Gasteiger partial charge in [-0.2, -0.15) is 0 Å². The average molecular weight is 235 g/mol. The molecule has 1 saturated heterocycles. The van der Waals surface area contributed by atoms with Crippen LogP contribution in [0.1, 0.15) is 23.2 Å². The molecule has 0 radical (unpaired) electrons. The summed E-state index contributed by atoms with van der Waals surface area (Å²) in [6, 6.07) is 4.08. The fourth-order valence-corrected chi connectivity index (χ4v) is 1.97. The number of rotatable bonds is 2. The summed E-state index contributed by atoms with van der Waals surface area (Å²) in [5.41, 5.74) is 5.83. The zero-order valence-electron chi connectivity index (χ0n) is 9.26. The molecule has 90 valence electrons. The van der Waals surface area contributed by atoms with E-state index in [1.807, 2.05) is 0 Å². The van der Waals surface area contributed by atoms with Crippen molar-refractivity contribution in [3.8, 4) is 0 Å². The summed E-state index contributed by atoms with van der Waals surface area (Å²) in [6.45, 7) is 1.32. The number of hydrogen-bond donors (Lipinski definition) is 1. The molecule has 2 rings (SSSR count). The molecule has 1 aromatic rings. The van der Waals surface area contributed by atoms with Crippen molar-refractivity contribution in [3.63, 3.8) is 0 Å². The predicted molar refractivity (Wildman–Crippen MR) is 62.6 cm³/mol. The molecule has 0 saturated carbocycles. The van der Waals surface area contributed by atoms with Crippen molar-refractivity contribution in [2.24, 2.45) is 0 Å². The van der Waals surface area contributed by atoms with E-state index < -0.39 is 4.92 Å². The van der Waals surface area contributed by atoms with E-state index >= 15 is 0 Å². The second-order valence-electron chi connectivity index (χ2n) is 4.03. The van der Waals surface area contributed by atoms with Crippen molar-refractivity contribution in [2.75, 3.05) is 18.8 Å². The Morgan fingerprint density at radius 2 is 2.00 bits per heavy atom. The quantitative estimate of drug-likeness (QED) is 0.476. The summed E-state index contributed by atoms with van der Waals surface area (Å²) in [7, 11) is 0. The van der Waals surface area contributed by atoms with Gasteiger partial charge in [-0.1, -0.05) is 0 Å². The Balaban J connectivity index is 2.38. The topological polar surface area (TPSA) is 89.5 Å². The van der Waals surface area contributed by atoms with Gasteiger partial charge >= 0.3 is 0 Å². The Kier molecular flexibility index (Phi) is 2.95. The molecule has 0 aliphatic carbocycles. The van der Waals surface area contributed by atoms with Crippen LogP contribution in [0, 0.1) is 10.1 Å². The Morgan fingerprint density at radius 1 is 1.35 bits per heavy atom. The van der Waals surface area contributed by atoms with E-state index in [1.165, 1.54) is 18.2 Å². The van der Waals surface area contributed by atoms with Gasteiger partial charge in [0.25, 0.3) is 11.6 Å². The van der Waals surface area contributed by atoms with Crippen LogP contribution in [-0.4, -0.2) is 28.8 Å². The summed E-state index contributed by atoms with van der Waals surface area (Å²) in [6.07, 6.45) is 1.89. The molecule has 0 unspecified atom stereocenters. The molecule has 0 aromatic heterocycles. The van der Waals surface area contributed by atoms with Crippen LogP contribution in [0.25, 0.3) is 0 Å². The zero-order chi connectivity index (χ0) is 12.4. The van der Waals surface area contributed by atoms with Crippen LogP contribution in [0.15, 0.2) is 18.2 Å². The first-order chi connectivity index (χ1) is 8.09. The van der Waals surface area contributed by atoms with E-state index in [9.17, 15) is 14.9 Å². The number of anilines is 1. The first kappa shape index (κ1) is 11.4. The molecular formula is C11H13N3O3. The molecule has 1 aromatic carbocycles. The maximum absolute atomic E-state index is 12.1. The Bertz CT molecular complexity index is 467. The lowest BCUT2D eigenvalue weighted by Crippen LogP contribution is -2.28.